The highest BCUT2D eigenvalue weighted by atomic mass is 16.6. The van der Waals surface area contributed by atoms with E-state index in [0.717, 1.165) is 6.42 Å². The molecule has 0 saturated carbocycles. The normalized spacial score (nSPS) is 20.9. The Morgan fingerprint density at radius 1 is 1.26 bits per heavy atom. The first-order valence-electron chi connectivity index (χ1n) is 7.56. The molecule has 0 aromatic heterocycles. The molecule has 0 radical (unpaired) electrons. The van der Waals surface area contributed by atoms with Crippen molar-refractivity contribution in [1.29, 1.82) is 0 Å². The number of benzene rings is 1. The Kier molecular flexibility index (Phi) is 5.31. The lowest BCUT2D eigenvalue weighted by molar-refractivity contribution is -0.385. The van der Waals surface area contributed by atoms with Crippen molar-refractivity contribution >= 4 is 17.6 Å². The first-order valence-corrected chi connectivity index (χ1v) is 7.56. The van der Waals surface area contributed by atoms with E-state index in [1.807, 2.05) is 0 Å². The minimum Gasteiger partial charge on any atom is -0.452 e. The number of esters is 1. The van der Waals surface area contributed by atoms with Gasteiger partial charge in [0.05, 0.1) is 4.92 Å². The molecule has 2 rings (SSSR count). The summed E-state index contributed by atoms with van der Waals surface area (Å²) in [6, 6.07) is 5.53. The van der Waals surface area contributed by atoms with Crippen molar-refractivity contribution in [3.63, 3.8) is 0 Å². The molecule has 1 aromatic carbocycles. The molecule has 23 heavy (non-hydrogen) atoms. The van der Waals surface area contributed by atoms with Gasteiger partial charge in [0.2, 0.25) is 0 Å². The third-order valence-corrected chi connectivity index (χ3v) is 3.87. The molecule has 1 aromatic rings. The molecule has 7 nitrogen and oxygen atoms in total. The number of likely N-dealkylation sites (tertiary alicyclic amines) is 1. The van der Waals surface area contributed by atoms with Crippen molar-refractivity contribution in [3.8, 4) is 0 Å². The summed E-state index contributed by atoms with van der Waals surface area (Å²) in [4.78, 5) is 36.1. The van der Waals surface area contributed by atoms with Crippen LogP contribution in [0.1, 0.15) is 30.6 Å². The second-order valence-electron chi connectivity index (χ2n) is 6.10. The number of nitro benzene ring substituents is 1. The van der Waals surface area contributed by atoms with Gasteiger partial charge in [-0.1, -0.05) is 26.0 Å². The highest BCUT2D eigenvalue weighted by Gasteiger charge is 2.27. The van der Waals surface area contributed by atoms with E-state index in [1.54, 1.807) is 4.90 Å². The fourth-order valence-electron chi connectivity index (χ4n) is 2.97. The Morgan fingerprint density at radius 3 is 2.48 bits per heavy atom. The van der Waals surface area contributed by atoms with Gasteiger partial charge < -0.3 is 9.64 Å². The number of hydrogen-bond donors (Lipinski definition) is 0. The summed E-state index contributed by atoms with van der Waals surface area (Å²) in [5.74, 6) is -0.304. The number of amides is 1. The third kappa shape index (κ3) is 4.28. The van der Waals surface area contributed by atoms with Crippen LogP contribution in [0.5, 0.6) is 0 Å². The van der Waals surface area contributed by atoms with E-state index >= 15 is 0 Å². The van der Waals surface area contributed by atoms with E-state index in [1.165, 1.54) is 24.3 Å². The Bertz CT molecular complexity index is 606. The summed E-state index contributed by atoms with van der Waals surface area (Å²) in [6.45, 7) is 5.05. The van der Waals surface area contributed by atoms with Gasteiger partial charge in [-0.15, -0.1) is 0 Å². The van der Waals surface area contributed by atoms with E-state index in [2.05, 4.69) is 13.8 Å². The Labute approximate surface area is 134 Å². The monoisotopic (exact) mass is 320 g/mol. The van der Waals surface area contributed by atoms with Crippen LogP contribution < -0.4 is 0 Å². The molecule has 0 unspecified atom stereocenters. The summed E-state index contributed by atoms with van der Waals surface area (Å²) >= 11 is 0. The van der Waals surface area contributed by atoms with Gasteiger partial charge >= 0.3 is 5.97 Å². The van der Waals surface area contributed by atoms with Crippen LogP contribution in [0.4, 0.5) is 5.69 Å². The Morgan fingerprint density at radius 2 is 1.87 bits per heavy atom. The molecule has 0 spiro atoms. The lowest BCUT2D eigenvalue weighted by Gasteiger charge is -2.34. The fraction of sp³-hybridized carbons (Fsp3) is 0.500. The van der Waals surface area contributed by atoms with Crippen molar-refractivity contribution in [3.05, 3.63) is 39.9 Å². The number of hydrogen-bond acceptors (Lipinski definition) is 5. The second-order valence-corrected chi connectivity index (χ2v) is 6.10. The minimum atomic E-state index is -0.858. The number of rotatable bonds is 4. The van der Waals surface area contributed by atoms with Crippen molar-refractivity contribution in [2.45, 2.75) is 20.3 Å². The molecule has 1 heterocycles. The van der Waals surface area contributed by atoms with Gasteiger partial charge in [0.15, 0.2) is 6.61 Å². The maximum absolute atomic E-state index is 12.2. The first-order chi connectivity index (χ1) is 10.9. The van der Waals surface area contributed by atoms with Crippen LogP contribution in [0.15, 0.2) is 24.3 Å². The van der Waals surface area contributed by atoms with Crippen molar-refractivity contribution in [1.82, 2.24) is 4.90 Å². The lowest BCUT2D eigenvalue weighted by atomic mass is 9.92. The Hall–Kier alpha value is -2.44. The minimum absolute atomic E-state index is 0.148. The first kappa shape index (κ1) is 16.9. The van der Waals surface area contributed by atoms with Crippen molar-refractivity contribution in [2.75, 3.05) is 19.7 Å². The molecule has 0 aliphatic carbocycles. The van der Waals surface area contributed by atoms with Gasteiger partial charge in [-0.3, -0.25) is 14.9 Å². The molecule has 7 heteroatoms. The molecule has 1 aliphatic heterocycles. The van der Waals surface area contributed by atoms with Gasteiger partial charge in [0, 0.05) is 19.2 Å². The topological polar surface area (TPSA) is 89.8 Å². The molecular weight excluding hydrogens is 300 g/mol. The summed E-state index contributed by atoms with van der Waals surface area (Å²) in [5, 5.41) is 10.9. The second kappa shape index (κ2) is 7.21. The highest BCUT2D eigenvalue weighted by Crippen LogP contribution is 2.21. The maximum atomic E-state index is 12.2. The molecule has 1 fully saturated rings. The molecule has 0 N–H and O–H groups in total. The zero-order chi connectivity index (χ0) is 17.0. The zero-order valence-corrected chi connectivity index (χ0v) is 13.2. The average molecular weight is 320 g/mol. The largest absolute Gasteiger partial charge is 0.452 e. The summed E-state index contributed by atoms with van der Waals surface area (Å²) in [6.07, 6.45) is 1.07. The number of carbonyl (C=O) groups is 2. The van der Waals surface area contributed by atoms with Crippen LogP contribution in [0.3, 0.4) is 0 Å². The number of para-hydroxylation sites is 1. The SMILES string of the molecule is C[C@H]1C[C@H](C)CN(C(=O)COC(=O)c2ccccc2[N+](=O)[O-])C1. The lowest BCUT2D eigenvalue weighted by Crippen LogP contribution is -2.44. The van der Waals surface area contributed by atoms with Gasteiger partial charge in [-0.25, -0.2) is 4.79 Å². The van der Waals surface area contributed by atoms with E-state index in [4.69, 9.17) is 4.74 Å². The van der Waals surface area contributed by atoms with Crippen molar-refractivity contribution in [2.24, 2.45) is 11.8 Å². The number of carbonyl (C=O) groups excluding carboxylic acids is 2. The molecule has 1 aliphatic rings. The fourth-order valence-corrected chi connectivity index (χ4v) is 2.97. The third-order valence-electron chi connectivity index (χ3n) is 3.87. The number of nitro groups is 1. The van der Waals surface area contributed by atoms with E-state index < -0.39 is 17.5 Å². The van der Waals surface area contributed by atoms with Crippen LogP contribution in [0, 0.1) is 22.0 Å². The summed E-state index contributed by atoms with van der Waals surface area (Å²) in [5.41, 5.74) is -0.476. The van der Waals surface area contributed by atoms with E-state index in [-0.39, 0.29) is 17.2 Å². The molecule has 1 amide bonds. The van der Waals surface area contributed by atoms with Crippen LogP contribution in [-0.4, -0.2) is 41.4 Å². The molecular formula is C16H20N2O5. The number of nitrogens with zero attached hydrogens (tertiary/aromatic N) is 2. The molecule has 2 atom stereocenters. The predicted molar refractivity (Wildman–Crippen MR) is 82.9 cm³/mol. The average Bonchev–Trinajstić information content (AvgIpc) is 2.51. The molecule has 1 saturated heterocycles. The van der Waals surface area contributed by atoms with Crippen LogP contribution in [0.2, 0.25) is 0 Å². The number of ether oxygens (including phenoxy) is 1. The van der Waals surface area contributed by atoms with Crippen molar-refractivity contribution < 1.29 is 19.2 Å². The predicted octanol–water partition coefficient (Wildman–Crippen LogP) is 2.26. The van der Waals surface area contributed by atoms with Gasteiger partial charge in [-0.05, 0) is 24.3 Å². The van der Waals surface area contributed by atoms with Gasteiger partial charge in [0.1, 0.15) is 5.56 Å². The number of piperidine rings is 1. The quantitative estimate of drug-likeness (QED) is 0.482. The highest BCUT2D eigenvalue weighted by molar-refractivity contribution is 5.95. The van der Waals surface area contributed by atoms with E-state index in [0.29, 0.717) is 24.9 Å². The van der Waals surface area contributed by atoms with E-state index in [9.17, 15) is 19.7 Å². The van der Waals surface area contributed by atoms with Crippen LogP contribution >= 0.6 is 0 Å². The zero-order valence-electron chi connectivity index (χ0n) is 13.2. The smallest absolute Gasteiger partial charge is 0.345 e. The standard InChI is InChI=1S/C16H20N2O5/c1-11-7-12(2)9-17(8-11)15(19)10-23-16(20)13-5-3-4-6-14(13)18(21)22/h3-6,11-12H,7-10H2,1-2H3/t11-,12-/m0/s1. The maximum Gasteiger partial charge on any atom is 0.345 e. The van der Waals surface area contributed by atoms with Crippen LogP contribution in [0.25, 0.3) is 0 Å². The van der Waals surface area contributed by atoms with Crippen LogP contribution in [-0.2, 0) is 9.53 Å². The molecule has 124 valence electrons. The Balaban J connectivity index is 1.97. The molecule has 0 bridgehead atoms. The summed E-state index contributed by atoms with van der Waals surface area (Å²) in [7, 11) is 0. The van der Waals surface area contributed by atoms with Gasteiger partial charge in [-0.2, -0.15) is 0 Å². The van der Waals surface area contributed by atoms with Gasteiger partial charge in [0.25, 0.3) is 11.6 Å². The summed E-state index contributed by atoms with van der Waals surface area (Å²) < 4.78 is 4.97.